The van der Waals surface area contributed by atoms with E-state index in [0.29, 0.717) is 24.7 Å². The maximum absolute atomic E-state index is 10.7. The molecule has 4 aliphatic carbocycles. The van der Waals surface area contributed by atoms with E-state index in [-0.39, 0.29) is 0 Å². The van der Waals surface area contributed by atoms with Gasteiger partial charge in [-0.1, -0.05) is 0 Å². The molecule has 3 heteroatoms. The molecule has 1 unspecified atom stereocenters. The monoisotopic (exact) mass is 293 g/mol. The standard InChI is InChI=1S/C18H31NO2/c1-13(19-12-18(20)2-4-21-5-3-18)17-9-14-6-15(10-17)8-16(7-14)11-17/h13-16,19-20H,2-12H2,1H3. The van der Waals surface area contributed by atoms with E-state index in [2.05, 4.69) is 12.2 Å². The number of nitrogens with one attached hydrogen (secondary N) is 1. The number of rotatable bonds is 4. The number of hydrogen-bond acceptors (Lipinski definition) is 3. The van der Waals surface area contributed by atoms with Gasteiger partial charge in [0, 0.05) is 38.6 Å². The van der Waals surface area contributed by atoms with Crippen molar-refractivity contribution >= 4 is 0 Å². The van der Waals surface area contributed by atoms with E-state index in [1.807, 2.05) is 0 Å². The van der Waals surface area contributed by atoms with E-state index in [0.717, 1.165) is 37.1 Å². The SMILES string of the molecule is CC(NCC1(O)CCOCC1)C12CC3CC(CC(C3)C1)C2. The van der Waals surface area contributed by atoms with Gasteiger partial charge in [-0.15, -0.1) is 0 Å². The lowest BCUT2D eigenvalue weighted by molar-refractivity contribution is -0.0857. The van der Waals surface area contributed by atoms with Crippen LogP contribution in [0.15, 0.2) is 0 Å². The average molecular weight is 293 g/mol. The summed E-state index contributed by atoms with van der Waals surface area (Å²) < 4.78 is 5.38. The van der Waals surface area contributed by atoms with Crippen LogP contribution in [-0.4, -0.2) is 36.5 Å². The zero-order chi connectivity index (χ0) is 14.5. The molecular weight excluding hydrogens is 262 g/mol. The molecule has 21 heavy (non-hydrogen) atoms. The van der Waals surface area contributed by atoms with Gasteiger partial charge in [-0.25, -0.2) is 0 Å². The molecule has 2 N–H and O–H groups in total. The molecule has 0 aromatic carbocycles. The van der Waals surface area contributed by atoms with Crippen molar-refractivity contribution in [1.82, 2.24) is 5.32 Å². The molecule has 120 valence electrons. The summed E-state index contributed by atoms with van der Waals surface area (Å²) in [4.78, 5) is 0. The Morgan fingerprint density at radius 2 is 1.57 bits per heavy atom. The summed E-state index contributed by atoms with van der Waals surface area (Å²) in [5.74, 6) is 3.02. The summed E-state index contributed by atoms with van der Waals surface area (Å²) in [6.45, 7) is 4.56. The van der Waals surface area contributed by atoms with Gasteiger partial charge in [0.25, 0.3) is 0 Å². The number of hydrogen-bond donors (Lipinski definition) is 2. The van der Waals surface area contributed by atoms with Gasteiger partial charge in [-0.05, 0) is 68.6 Å². The maximum atomic E-state index is 10.7. The third kappa shape index (κ3) is 2.66. The molecule has 5 rings (SSSR count). The van der Waals surface area contributed by atoms with Crippen LogP contribution in [0.25, 0.3) is 0 Å². The summed E-state index contributed by atoms with van der Waals surface area (Å²) in [6.07, 6.45) is 10.4. The summed E-state index contributed by atoms with van der Waals surface area (Å²) in [5, 5.41) is 14.4. The van der Waals surface area contributed by atoms with E-state index in [1.54, 1.807) is 0 Å². The van der Waals surface area contributed by atoms with Crippen molar-refractivity contribution in [1.29, 1.82) is 0 Å². The Morgan fingerprint density at radius 3 is 2.10 bits per heavy atom. The Morgan fingerprint density at radius 1 is 1.05 bits per heavy atom. The smallest absolute Gasteiger partial charge is 0.0815 e. The Balaban J connectivity index is 1.39. The van der Waals surface area contributed by atoms with Gasteiger partial charge in [0.2, 0.25) is 0 Å². The van der Waals surface area contributed by atoms with Gasteiger partial charge in [0.05, 0.1) is 5.60 Å². The Bertz CT molecular complexity index is 353. The minimum Gasteiger partial charge on any atom is -0.388 e. The van der Waals surface area contributed by atoms with Crippen LogP contribution in [0.1, 0.15) is 58.3 Å². The highest BCUT2D eigenvalue weighted by atomic mass is 16.5. The number of ether oxygens (including phenoxy) is 1. The first kappa shape index (κ1) is 14.5. The van der Waals surface area contributed by atoms with E-state index in [1.165, 1.54) is 38.5 Å². The normalized spacial score (nSPS) is 45.7. The molecular formula is C18H31NO2. The Labute approximate surface area is 128 Å². The van der Waals surface area contributed by atoms with Crippen LogP contribution >= 0.6 is 0 Å². The van der Waals surface area contributed by atoms with Gasteiger partial charge in [0.15, 0.2) is 0 Å². The molecule has 0 radical (unpaired) electrons. The van der Waals surface area contributed by atoms with Gasteiger partial charge >= 0.3 is 0 Å². The first-order valence-corrected chi connectivity index (χ1v) is 9.10. The van der Waals surface area contributed by atoms with Gasteiger partial charge < -0.3 is 15.2 Å². The molecule has 0 aromatic rings. The van der Waals surface area contributed by atoms with Crippen molar-refractivity contribution in [2.45, 2.75) is 69.9 Å². The van der Waals surface area contributed by atoms with Crippen LogP contribution in [-0.2, 0) is 4.74 Å². The van der Waals surface area contributed by atoms with E-state index in [9.17, 15) is 5.11 Å². The molecule has 0 spiro atoms. The minimum atomic E-state index is -0.533. The van der Waals surface area contributed by atoms with E-state index in [4.69, 9.17) is 4.74 Å². The molecule has 1 atom stereocenters. The second kappa shape index (κ2) is 5.21. The summed E-state index contributed by atoms with van der Waals surface area (Å²) in [6, 6.07) is 0.553. The van der Waals surface area contributed by atoms with Crippen LogP contribution in [0.3, 0.4) is 0 Å². The third-order valence-corrected chi connectivity index (χ3v) is 7.16. The van der Waals surface area contributed by atoms with E-state index < -0.39 is 5.60 Å². The van der Waals surface area contributed by atoms with Crippen LogP contribution in [0.4, 0.5) is 0 Å². The lowest BCUT2D eigenvalue weighted by atomic mass is 9.48. The molecule has 0 aromatic heterocycles. The van der Waals surface area contributed by atoms with Gasteiger partial charge in [-0.3, -0.25) is 0 Å². The molecule has 4 bridgehead atoms. The fraction of sp³-hybridized carbons (Fsp3) is 1.00. The molecule has 3 nitrogen and oxygen atoms in total. The Kier molecular flexibility index (Phi) is 3.59. The van der Waals surface area contributed by atoms with Gasteiger partial charge in [-0.2, -0.15) is 0 Å². The van der Waals surface area contributed by atoms with Gasteiger partial charge in [0.1, 0.15) is 0 Å². The predicted octanol–water partition coefficient (Wildman–Crippen LogP) is 2.72. The lowest BCUT2D eigenvalue weighted by Gasteiger charge is -2.59. The van der Waals surface area contributed by atoms with Crippen molar-refractivity contribution in [3.05, 3.63) is 0 Å². The van der Waals surface area contributed by atoms with Crippen molar-refractivity contribution in [2.75, 3.05) is 19.8 Å². The molecule has 5 aliphatic rings. The van der Waals surface area contributed by atoms with Crippen LogP contribution < -0.4 is 5.32 Å². The third-order valence-electron chi connectivity index (χ3n) is 7.16. The second-order valence-electron chi connectivity index (χ2n) is 8.72. The van der Waals surface area contributed by atoms with Crippen molar-refractivity contribution in [2.24, 2.45) is 23.2 Å². The molecule has 1 saturated heterocycles. The summed E-state index contributed by atoms with van der Waals surface area (Å²) >= 11 is 0. The van der Waals surface area contributed by atoms with Crippen LogP contribution in [0.2, 0.25) is 0 Å². The van der Waals surface area contributed by atoms with Crippen molar-refractivity contribution < 1.29 is 9.84 Å². The topological polar surface area (TPSA) is 41.5 Å². The highest BCUT2D eigenvalue weighted by Gasteiger charge is 2.53. The average Bonchev–Trinajstić information content (AvgIpc) is 2.44. The number of aliphatic hydroxyl groups is 1. The lowest BCUT2D eigenvalue weighted by Crippen LogP contribution is -2.57. The van der Waals surface area contributed by atoms with E-state index >= 15 is 0 Å². The highest BCUT2D eigenvalue weighted by molar-refractivity contribution is 5.05. The minimum absolute atomic E-state index is 0.533. The van der Waals surface area contributed by atoms with Crippen LogP contribution in [0, 0.1) is 23.2 Å². The largest absolute Gasteiger partial charge is 0.388 e. The van der Waals surface area contributed by atoms with Crippen molar-refractivity contribution in [3.8, 4) is 0 Å². The summed E-state index contributed by atoms with van der Waals surface area (Å²) in [5.41, 5.74) is 0.00504. The van der Waals surface area contributed by atoms with Crippen molar-refractivity contribution in [3.63, 3.8) is 0 Å². The Hall–Kier alpha value is -0.120. The summed E-state index contributed by atoms with van der Waals surface area (Å²) in [7, 11) is 0. The molecule has 0 amide bonds. The molecule has 4 saturated carbocycles. The predicted molar refractivity (Wildman–Crippen MR) is 83.1 cm³/mol. The fourth-order valence-corrected chi connectivity index (χ4v) is 6.20. The second-order valence-corrected chi connectivity index (χ2v) is 8.72. The zero-order valence-electron chi connectivity index (χ0n) is 13.4. The highest BCUT2D eigenvalue weighted by Crippen LogP contribution is 2.61. The van der Waals surface area contributed by atoms with Crippen LogP contribution in [0.5, 0.6) is 0 Å². The first-order chi connectivity index (χ1) is 10.1. The fourth-order valence-electron chi connectivity index (χ4n) is 6.20. The quantitative estimate of drug-likeness (QED) is 0.837. The molecule has 1 aliphatic heterocycles. The molecule has 1 heterocycles. The maximum Gasteiger partial charge on any atom is 0.0815 e. The molecule has 5 fully saturated rings. The zero-order valence-corrected chi connectivity index (χ0v) is 13.4. The first-order valence-electron chi connectivity index (χ1n) is 9.10.